The molecular weight excluding hydrogens is 448 g/mol. The van der Waals surface area contributed by atoms with E-state index < -0.39 is 0 Å². The van der Waals surface area contributed by atoms with Gasteiger partial charge >= 0.3 is 0 Å². The molecule has 2 atom stereocenters. The van der Waals surface area contributed by atoms with Crippen LogP contribution in [-0.2, 0) is 9.59 Å². The molecule has 0 radical (unpaired) electrons. The molecule has 1 aliphatic carbocycles. The van der Waals surface area contributed by atoms with Crippen molar-refractivity contribution in [1.29, 1.82) is 0 Å². The van der Waals surface area contributed by atoms with Gasteiger partial charge in [0.05, 0.1) is 11.4 Å². The Morgan fingerprint density at radius 3 is 2.19 bits per heavy atom. The maximum atomic E-state index is 13.3. The molecule has 1 fully saturated rings. The summed E-state index contributed by atoms with van der Waals surface area (Å²) >= 11 is 0. The van der Waals surface area contributed by atoms with Crippen LogP contribution in [0.5, 0.6) is 0 Å². The van der Waals surface area contributed by atoms with Gasteiger partial charge in [-0.3, -0.25) is 9.59 Å². The Bertz CT molecular complexity index is 1330. The first-order chi connectivity index (χ1) is 17.5. The van der Waals surface area contributed by atoms with E-state index in [9.17, 15) is 9.59 Å². The van der Waals surface area contributed by atoms with Crippen molar-refractivity contribution in [1.82, 2.24) is 14.7 Å². The SMILES string of the molecule is CC(C)N(CC(=O)Nc1cc(-c2ccccc2)nn1-c1ccccc1)C(=O)C1CC1c1ccccc1. The summed E-state index contributed by atoms with van der Waals surface area (Å²) in [5, 5.41) is 7.77. The maximum Gasteiger partial charge on any atom is 0.245 e. The molecule has 6 heteroatoms. The van der Waals surface area contributed by atoms with Crippen LogP contribution in [-0.4, -0.2) is 39.1 Å². The first-order valence-electron chi connectivity index (χ1n) is 12.4. The van der Waals surface area contributed by atoms with Gasteiger partial charge in [0.25, 0.3) is 0 Å². The lowest BCUT2D eigenvalue weighted by atomic mass is 10.1. The number of nitrogens with one attached hydrogen (secondary N) is 1. The summed E-state index contributed by atoms with van der Waals surface area (Å²) in [6.07, 6.45) is 0.828. The smallest absolute Gasteiger partial charge is 0.245 e. The summed E-state index contributed by atoms with van der Waals surface area (Å²) < 4.78 is 1.73. The molecule has 3 aromatic carbocycles. The number of rotatable bonds is 8. The largest absolute Gasteiger partial charge is 0.331 e. The second kappa shape index (κ2) is 10.2. The summed E-state index contributed by atoms with van der Waals surface area (Å²) in [5.74, 6) is 0.522. The zero-order valence-electron chi connectivity index (χ0n) is 20.5. The van der Waals surface area contributed by atoms with Crippen LogP contribution in [0.1, 0.15) is 31.7 Å². The van der Waals surface area contributed by atoms with Crippen LogP contribution in [0.2, 0.25) is 0 Å². The van der Waals surface area contributed by atoms with Crippen molar-refractivity contribution in [3.63, 3.8) is 0 Å². The Balaban J connectivity index is 1.34. The topological polar surface area (TPSA) is 67.2 Å². The molecule has 6 nitrogen and oxygen atoms in total. The molecular formula is C30H30N4O2. The van der Waals surface area contributed by atoms with Crippen molar-refractivity contribution in [2.75, 3.05) is 11.9 Å². The third-order valence-electron chi connectivity index (χ3n) is 6.60. The molecule has 0 bridgehead atoms. The predicted molar refractivity (Wildman–Crippen MR) is 142 cm³/mol. The molecule has 36 heavy (non-hydrogen) atoms. The van der Waals surface area contributed by atoms with E-state index in [0.717, 1.165) is 23.4 Å². The van der Waals surface area contributed by atoms with Crippen LogP contribution < -0.4 is 5.32 Å². The van der Waals surface area contributed by atoms with Crippen molar-refractivity contribution >= 4 is 17.6 Å². The number of carbonyl (C=O) groups excluding carboxylic acids is 2. The highest BCUT2D eigenvalue weighted by molar-refractivity contribution is 5.95. The average Bonchev–Trinajstić information content (AvgIpc) is 3.61. The lowest BCUT2D eigenvalue weighted by Crippen LogP contribution is -2.43. The van der Waals surface area contributed by atoms with Crippen LogP contribution in [0, 0.1) is 5.92 Å². The minimum Gasteiger partial charge on any atom is -0.331 e. The second-order valence-corrected chi connectivity index (χ2v) is 9.50. The van der Waals surface area contributed by atoms with Crippen molar-refractivity contribution < 1.29 is 9.59 Å². The van der Waals surface area contributed by atoms with Crippen molar-refractivity contribution in [2.24, 2.45) is 5.92 Å². The molecule has 1 heterocycles. The molecule has 1 aliphatic rings. The van der Waals surface area contributed by atoms with Crippen molar-refractivity contribution in [3.8, 4) is 16.9 Å². The molecule has 1 N–H and O–H groups in total. The fraction of sp³-hybridized carbons (Fsp3) is 0.233. The Morgan fingerprint density at radius 1 is 0.944 bits per heavy atom. The first-order valence-corrected chi connectivity index (χ1v) is 12.4. The predicted octanol–water partition coefficient (Wildman–Crippen LogP) is 5.52. The Hall–Kier alpha value is -4.19. The zero-order valence-corrected chi connectivity index (χ0v) is 20.5. The fourth-order valence-electron chi connectivity index (χ4n) is 4.59. The quantitative estimate of drug-likeness (QED) is 0.363. The first kappa shape index (κ1) is 23.5. The lowest BCUT2D eigenvalue weighted by molar-refractivity contribution is -0.137. The standard InChI is InChI=1S/C30H30N4O2/c1-21(2)33(30(36)26-18-25(26)22-12-6-3-7-13-22)20-29(35)31-28-19-27(23-14-8-4-9-15-23)32-34(28)24-16-10-5-11-17-24/h3-17,19,21,25-26H,18,20H2,1-2H3,(H,31,35). The summed E-state index contributed by atoms with van der Waals surface area (Å²) in [4.78, 5) is 28.2. The number of carbonyl (C=O) groups is 2. The Morgan fingerprint density at radius 2 is 1.56 bits per heavy atom. The van der Waals surface area contributed by atoms with Crippen LogP contribution >= 0.6 is 0 Å². The number of hydrogen-bond donors (Lipinski definition) is 1. The van der Waals surface area contributed by atoms with Crippen LogP contribution in [0.25, 0.3) is 16.9 Å². The number of nitrogens with zero attached hydrogens (tertiary/aromatic N) is 3. The van der Waals surface area contributed by atoms with Gasteiger partial charge in [0.15, 0.2) is 0 Å². The van der Waals surface area contributed by atoms with E-state index in [-0.39, 0.29) is 36.2 Å². The molecule has 182 valence electrons. The number of para-hydroxylation sites is 1. The van der Waals surface area contributed by atoms with Gasteiger partial charge in [0, 0.05) is 23.6 Å². The van der Waals surface area contributed by atoms with Gasteiger partial charge in [-0.15, -0.1) is 0 Å². The van der Waals surface area contributed by atoms with Crippen LogP contribution in [0.4, 0.5) is 5.82 Å². The summed E-state index contributed by atoms with van der Waals surface area (Å²) in [6, 6.07) is 31.5. The maximum absolute atomic E-state index is 13.3. The van der Waals surface area contributed by atoms with Gasteiger partial charge < -0.3 is 10.2 Å². The molecule has 5 rings (SSSR count). The number of amides is 2. The number of anilines is 1. The van der Waals surface area contributed by atoms with Crippen molar-refractivity contribution in [2.45, 2.75) is 32.2 Å². The zero-order chi connectivity index (χ0) is 25.1. The Kier molecular flexibility index (Phi) is 6.67. The number of hydrogen-bond acceptors (Lipinski definition) is 3. The molecule has 2 unspecified atom stereocenters. The number of benzene rings is 3. The van der Waals surface area contributed by atoms with E-state index in [1.54, 1.807) is 9.58 Å². The van der Waals surface area contributed by atoms with Gasteiger partial charge in [0.1, 0.15) is 12.4 Å². The van der Waals surface area contributed by atoms with E-state index in [0.29, 0.717) is 5.82 Å². The van der Waals surface area contributed by atoms with Gasteiger partial charge in [-0.05, 0) is 43.9 Å². The number of aromatic nitrogens is 2. The highest BCUT2D eigenvalue weighted by Crippen LogP contribution is 2.48. The normalized spacial score (nSPS) is 16.5. The van der Waals surface area contributed by atoms with Gasteiger partial charge in [-0.25, -0.2) is 4.68 Å². The lowest BCUT2D eigenvalue weighted by Gasteiger charge is -2.26. The third-order valence-corrected chi connectivity index (χ3v) is 6.60. The average molecular weight is 479 g/mol. The van der Waals surface area contributed by atoms with E-state index >= 15 is 0 Å². The van der Waals surface area contributed by atoms with E-state index in [2.05, 4.69) is 17.4 Å². The highest BCUT2D eigenvalue weighted by atomic mass is 16.2. The molecule has 1 aromatic heterocycles. The molecule has 2 amide bonds. The van der Waals surface area contributed by atoms with Crippen LogP contribution in [0.3, 0.4) is 0 Å². The molecule has 0 aliphatic heterocycles. The molecule has 1 saturated carbocycles. The van der Waals surface area contributed by atoms with Gasteiger partial charge in [-0.2, -0.15) is 5.10 Å². The second-order valence-electron chi connectivity index (χ2n) is 9.50. The summed E-state index contributed by atoms with van der Waals surface area (Å²) in [6.45, 7) is 3.90. The van der Waals surface area contributed by atoms with E-state index in [1.165, 1.54) is 5.56 Å². The summed E-state index contributed by atoms with van der Waals surface area (Å²) in [5.41, 5.74) is 3.75. The molecule has 0 spiro atoms. The van der Waals surface area contributed by atoms with E-state index in [1.807, 2.05) is 98.8 Å². The molecule has 0 saturated heterocycles. The minimum atomic E-state index is -0.245. The van der Waals surface area contributed by atoms with Crippen molar-refractivity contribution in [3.05, 3.63) is 103 Å². The minimum absolute atomic E-state index is 0.00481. The van der Waals surface area contributed by atoms with Gasteiger partial charge in [0.2, 0.25) is 11.8 Å². The van der Waals surface area contributed by atoms with Crippen LogP contribution in [0.15, 0.2) is 97.1 Å². The van der Waals surface area contributed by atoms with E-state index in [4.69, 9.17) is 5.10 Å². The Labute approximate surface area is 211 Å². The monoisotopic (exact) mass is 478 g/mol. The fourth-order valence-corrected chi connectivity index (χ4v) is 4.59. The molecule has 4 aromatic rings. The van der Waals surface area contributed by atoms with Gasteiger partial charge in [-0.1, -0.05) is 78.9 Å². The summed E-state index contributed by atoms with van der Waals surface area (Å²) in [7, 11) is 0. The highest BCUT2D eigenvalue weighted by Gasteiger charge is 2.46. The third kappa shape index (κ3) is 5.08.